The molecule has 0 spiro atoms. The molecule has 1 aromatic heterocycles. The van der Waals surface area contributed by atoms with Crippen LogP contribution in [0.4, 0.5) is 0 Å². The van der Waals surface area contributed by atoms with Gasteiger partial charge in [0.05, 0.1) is 6.61 Å². The van der Waals surface area contributed by atoms with Crippen molar-refractivity contribution in [2.24, 2.45) is 0 Å². The molecule has 0 aliphatic heterocycles. The number of ether oxygens (including phenoxy) is 1. The van der Waals surface area contributed by atoms with E-state index < -0.39 is 0 Å². The Kier molecular flexibility index (Phi) is 2.92. The maximum atomic E-state index is 11.7. The molecule has 2 aromatic rings. The lowest BCUT2D eigenvalue weighted by molar-refractivity contribution is 0.0491. The molecule has 0 atom stereocenters. The smallest absolute Gasteiger partial charge is 0.374 e. The van der Waals surface area contributed by atoms with Crippen LogP contribution < -0.4 is 0 Å². The highest BCUT2D eigenvalue weighted by Gasteiger charge is 2.20. The van der Waals surface area contributed by atoms with Gasteiger partial charge >= 0.3 is 5.97 Å². The number of furan rings is 1. The van der Waals surface area contributed by atoms with E-state index in [-0.39, 0.29) is 5.97 Å². The molecular weight excluding hydrogens is 216 g/mol. The minimum absolute atomic E-state index is 0.319. The summed E-state index contributed by atoms with van der Waals surface area (Å²) in [7, 11) is 0. The minimum Gasteiger partial charge on any atom is -0.460 e. The molecule has 1 aromatic carbocycles. The summed E-state index contributed by atoms with van der Waals surface area (Å²) in [5.74, 6) is -0.0701. The van der Waals surface area contributed by atoms with Crippen molar-refractivity contribution in [2.75, 3.05) is 6.61 Å². The molecule has 3 heteroatoms. The number of aryl methyl sites for hydroxylation is 3. The van der Waals surface area contributed by atoms with Crippen LogP contribution in [0, 0.1) is 20.8 Å². The second-order valence-electron chi connectivity index (χ2n) is 4.18. The van der Waals surface area contributed by atoms with E-state index in [1.165, 1.54) is 0 Å². The Morgan fingerprint density at radius 3 is 2.47 bits per heavy atom. The quantitative estimate of drug-likeness (QED) is 0.743. The first kappa shape index (κ1) is 11.7. The second-order valence-corrected chi connectivity index (χ2v) is 4.18. The lowest BCUT2D eigenvalue weighted by atomic mass is 10.0. The number of esters is 1. The Labute approximate surface area is 100 Å². The average Bonchev–Trinajstić information content (AvgIpc) is 2.63. The molecule has 3 nitrogen and oxygen atoms in total. The van der Waals surface area contributed by atoms with E-state index in [0.29, 0.717) is 12.4 Å². The van der Waals surface area contributed by atoms with Crippen molar-refractivity contribution in [1.29, 1.82) is 0 Å². The Morgan fingerprint density at radius 2 is 1.88 bits per heavy atom. The fourth-order valence-corrected chi connectivity index (χ4v) is 2.07. The second kappa shape index (κ2) is 4.24. The van der Waals surface area contributed by atoms with Gasteiger partial charge < -0.3 is 9.15 Å². The van der Waals surface area contributed by atoms with E-state index in [0.717, 1.165) is 27.7 Å². The molecule has 0 saturated carbocycles. The SMILES string of the molecule is CCOC(=O)c1oc2c(C)ccc(C)c2c1C. The van der Waals surface area contributed by atoms with Gasteiger partial charge in [-0.25, -0.2) is 4.79 Å². The van der Waals surface area contributed by atoms with Crippen molar-refractivity contribution in [2.45, 2.75) is 27.7 Å². The number of carbonyl (C=O) groups excluding carboxylic acids is 1. The van der Waals surface area contributed by atoms with Crippen LogP contribution in [0.2, 0.25) is 0 Å². The lowest BCUT2D eigenvalue weighted by Crippen LogP contribution is -2.04. The van der Waals surface area contributed by atoms with E-state index in [1.807, 2.05) is 32.9 Å². The van der Waals surface area contributed by atoms with Gasteiger partial charge in [0.1, 0.15) is 5.58 Å². The molecule has 17 heavy (non-hydrogen) atoms. The summed E-state index contributed by atoms with van der Waals surface area (Å²) in [6, 6.07) is 4.03. The van der Waals surface area contributed by atoms with E-state index in [9.17, 15) is 4.79 Å². The molecule has 90 valence electrons. The zero-order chi connectivity index (χ0) is 12.6. The largest absolute Gasteiger partial charge is 0.460 e. The number of benzene rings is 1. The van der Waals surface area contributed by atoms with E-state index in [4.69, 9.17) is 9.15 Å². The van der Waals surface area contributed by atoms with Crippen LogP contribution in [-0.2, 0) is 4.74 Å². The van der Waals surface area contributed by atoms with Gasteiger partial charge in [-0.1, -0.05) is 12.1 Å². The predicted molar refractivity (Wildman–Crippen MR) is 66.4 cm³/mol. The fourth-order valence-electron chi connectivity index (χ4n) is 2.07. The van der Waals surface area contributed by atoms with Gasteiger partial charge in [0.25, 0.3) is 0 Å². The minimum atomic E-state index is -0.389. The van der Waals surface area contributed by atoms with Gasteiger partial charge in [-0.05, 0) is 38.8 Å². The fraction of sp³-hybridized carbons (Fsp3) is 0.357. The Bertz CT molecular complexity index is 579. The van der Waals surface area contributed by atoms with Crippen LogP contribution in [0.25, 0.3) is 11.0 Å². The molecule has 0 fully saturated rings. The van der Waals surface area contributed by atoms with Crippen molar-refractivity contribution >= 4 is 16.9 Å². The lowest BCUT2D eigenvalue weighted by Gasteiger charge is -1.98. The molecule has 1 heterocycles. The van der Waals surface area contributed by atoms with Crippen molar-refractivity contribution in [3.8, 4) is 0 Å². The van der Waals surface area contributed by atoms with Gasteiger partial charge in [-0.15, -0.1) is 0 Å². The van der Waals surface area contributed by atoms with Crippen LogP contribution in [0.15, 0.2) is 16.5 Å². The van der Waals surface area contributed by atoms with Gasteiger partial charge in [-0.2, -0.15) is 0 Å². The maximum absolute atomic E-state index is 11.7. The third-order valence-corrected chi connectivity index (χ3v) is 2.94. The van der Waals surface area contributed by atoms with Gasteiger partial charge in [0, 0.05) is 10.9 Å². The summed E-state index contributed by atoms with van der Waals surface area (Å²) in [4.78, 5) is 11.7. The third kappa shape index (κ3) is 1.82. The number of carbonyl (C=O) groups is 1. The zero-order valence-electron chi connectivity index (χ0n) is 10.6. The van der Waals surface area contributed by atoms with E-state index in [2.05, 4.69) is 0 Å². The summed E-state index contributed by atoms with van der Waals surface area (Å²) >= 11 is 0. The van der Waals surface area contributed by atoms with Crippen LogP contribution in [0.1, 0.15) is 34.2 Å². The van der Waals surface area contributed by atoms with Gasteiger partial charge in [-0.3, -0.25) is 0 Å². The Balaban J connectivity index is 2.68. The highest BCUT2D eigenvalue weighted by molar-refractivity contribution is 5.98. The number of hydrogen-bond donors (Lipinski definition) is 0. The van der Waals surface area contributed by atoms with Crippen molar-refractivity contribution in [3.63, 3.8) is 0 Å². The van der Waals surface area contributed by atoms with Crippen molar-refractivity contribution in [1.82, 2.24) is 0 Å². The summed E-state index contributed by atoms with van der Waals surface area (Å²) in [5.41, 5.74) is 3.79. The number of rotatable bonds is 2. The third-order valence-electron chi connectivity index (χ3n) is 2.94. The Hall–Kier alpha value is -1.77. The first-order chi connectivity index (χ1) is 8.06. The molecule has 0 aliphatic carbocycles. The molecular formula is C14H16O3. The average molecular weight is 232 g/mol. The topological polar surface area (TPSA) is 39.4 Å². The molecule has 0 radical (unpaired) electrons. The molecule has 0 amide bonds. The summed E-state index contributed by atoms with van der Waals surface area (Å²) in [6.07, 6.45) is 0. The predicted octanol–water partition coefficient (Wildman–Crippen LogP) is 3.53. The standard InChI is InChI=1S/C14H16O3/c1-5-16-14(15)13-10(4)11-8(2)6-7-9(3)12(11)17-13/h6-7H,5H2,1-4H3. The van der Waals surface area contributed by atoms with Crippen LogP contribution in [-0.4, -0.2) is 12.6 Å². The molecule has 0 saturated heterocycles. The molecule has 0 bridgehead atoms. The summed E-state index contributed by atoms with van der Waals surface area (Å²) in [6.45, 7) is 8.02. The maximum Gasteiger partial charge on any atom is 0.374 e. The first-order valence-corrected chi connectivity index (χ1v) is 5.72. The number of fused-ring (bicyclic) bond motifs is 1. The normalized spacial score (nSPS) is 10.8. The number of hydrogen-bond acceptors (Lipinski definition) is 3. The van der Waals surface area contributed by atoms with E-state index >= 15 is 0 Å². The molecule has 0 unspecified atom stereocenters. The molecule has 0 aliphatic rings. The van der Waals surface area contributed by atoms with E-state index in [1.54, 1.807) is 6.92 Å². The first-order valence-electron chi connectivity index (χ1n) is 5.72. The highest BCUT2D eigenvalue weighted by atomic mass is 16.5. The zero-order valence-corrected chi connectivity index (χ0v) is 10.6. The Morgan fingerprint density at radius 1 is 1.24 bits per heavy atom. The molecule has 2 rings (SSSR count). The highest BCUT2D eigenvalue weighted by Crippen LogP contribution is 2.30. The monoisotopic (exact) mass is 232 g/mol. The van der Waals surface area contributed by atoms with Crippen molar-refractivity contribution in [3.05, 3.63) is 34.6 Å². The summed E-state index contributed by atoms with van der Waals surface area (Å²) < 4.78 is 10.6. The molecule has 0 N–H and O–H groups in total. The van der Waals surface area contributed by atoms with Gasteiger partial charge in [0.2, 0.25) is 5.76 Å². The van der Waals surface area contributed by atoms with Crippen LogP contribution >= 0.6 is 0 Å². The van der Waals surface area contributed by atoms with Crippen LogP contribution in [0.5, 0.6) is 0 Å². The van der Waals surface area contributed by atoms with Gasteiger partial charge in [0.15, 0.2) is 0 Å². The van der Waals surface area contributed by atoms with Crippen LogP contribution in [0.3, 0.4) is 0 Å². The van der Waals surface area contributed by atoms with Crippen molar-refractivity contribution < 1.29 is 13.9 Å². The summed E-state index contributed by atoms with van der Waals surface area (Å²) in [5, 5.41) is 1.02.